The highest BCUT2D eigenvalue weighted by Crippen LogP contribution is 2.18. The third-order valence-electron chi connectivity index (χ3n) is 2.27. The first-order chi connectivity index (χ1) is 7.24. The van der Waals surface area contributed by atoms with Crippen LogP contribution >= 0.6 is 11.6 Å². The number of rotatable bonds is 2. The second kappa shape index (κ2) is 3.95. The van der Waals surface area contributed by atoms with E-state index in [2.05, 4.69) is 4.98 Å². The van der Waals surface area contributed by atoms with Crippen LogP contribution in [0, 0.1) is 0 Å². The molecule has 0 unspecified atom stereocenters. The SMILES string of the molecule is COc1ccc2[nH]c(=O)c(CCl)cc2c1. The van der Waals surface area contributed by atoms with Crippen LogP contribution in [0.5, 0.6) is 5.75 Å². The molecule has 0 aliphatic heterocycles. The normalized spacial score (nSPS) is 10.5. The molecule has 1 aromatic carbocycles. The maximum absolute atomic E-state index is 11.4. The van der Waals surface area contributed by atoms with Gasteiger partial charge in [-0.15, -0.1) is 11.6 Å². The molecule has 0 bridgehead atoms. The van der Waals surface area contributed by atoms with Gasteiger partial charge in [0, 0.05) is 16.5 Å². The van der Waals surface area contributed by atoms with Crippen LogP contribution in [-0.4, -0.2) is 12.1 Å². The van der Waals surface area contributed by atoms with Crippen molar-refractivity contribution >= 4 is 22.5 Å². The van der Waals surface area contributed by atoms with E-state index < -0.39 is 0 Å². The first-order valence-corrected chi connectivity index (χ1v) is 5.04. The Hall–Kier alpha value is -1.48. The molecule has 78 valence electrons. The van der Waals surface area contributed by atoms with Crippen molar-refractivity contribution in [2.75, 3.05) is 7.11 Å². The van der Waals surface area contributed by atoms with E-state index in [0.29, 0.717) is 5.56 Å². The maximum Gasteiger partial charge on any atom is 0.252 e. The Morgan fingerprint density at radius 3 is 2.87 bits per heavy atom. The van der Waals surface area contributed by atoms with Gasteiger partial charge in [-0.05, 0) is 24.3 Å². The molecule has 0 saturated carbocycles. The van der Waals surface area contributed by atoms with Crippen LogP contribution in [0.25, 0.3) is 10.9 Å². The first kappa shape index (κ1) is 10.1. The number of ether oxygens (including phenoxy) is 1. The van der Waals surface area contributed by atoms with Gasteiger partial charge in [0.05, 0.1) is 13.0 Å². The summed E-state index contributed by atoms with van der Waals surface area (Å²) in [5.74, 6) is 0.970. The van der Waals surface area contributed by atoms with Gasteiger partial charge < -0.3 is 9.72 Å². The van der Waals surface area contributed by atoms with Gasteiger partial charge in [0.2, 0.25) is 0 Å². The Balaban J connectivity index is 2.71. The van der Waals surface area contributed by atoms with Crippen molar-refractivity contribution < 1.29 is 4.74 Å². The fourth-order valence-electron chi connectivity index (χ4n) is 1.46. The fourth-order valence-corrected chi connectivity index (χ4v) is 1.65. The molecule has 15 heavy (non-hydrogen) atoms. The van der Waals surface area contributed by atoms with Crippen LogP contribution < -0.4 is 10.3 Å². The van der Waals surface area contributed by atoms with Crippen molar-refractivity contribution in [3.05, 3.63) is 40.2 Å². The van der Waals surface area contributed by atoms with E-state index in [0.717, 1.165) is 16.7 Å². The molecule has 0 spiro atoms. The zero-order valence-electron chi connectivity index (χ0n) is 8.21. The van der Waals surface area contributed by atoms with Crippen LogP contribution in [0.15, 0.2) is 29.1 Å². The molecule has 1 heterocycles. The quantitative estimate of drug-likeness (QED) is 0.794. The van der Waals surface area contributed by atoms with E-state index in [1.165, 1.54) is 0 Å². The smallest absolute Gasteiger partial charge is 0.252 e. The lowest BCUT2D eigenvalue weighted by Crippen LogP contribution is -2.10. The predicted octanol–water partition coefficient (Wildman–Crippen LogP) is 2.28. The summed E-state index contributed by atoms with van der Waals surface area (Å²) in [6.07, 6.45) is 0. The summed E-state index contributed by atoms with van der Waals surface area (Å²) in [4.78, 5) is 14.2. The number of H-pyrrole nitrogens is 1. The molecule has 0 fully saturated rings. The van der Waals surface area contributed by atoms with Crippen molar-refractivity contribution in [3.8, 4) is 5.75 Å². The molecule has 0 atom stereocenters. The van der Waals surface area contributed by atoms with Gasteiger partial charge in [0.15, 0.2) is 0 Å². The lowest BCUT2D eigenvalue weighted by molar-refractivity contribution is 0.415. The minimum Gasteiger partial charge on any atom is -0.497 e. The van der Waals surface area contributed by atoms with Gasteiger partial charge in [-0.2, -0.15) is 0 Å². The summed E-state index contributed by atoms with van der Waals surface area (Å²) < 4.78 is 5.10. The molecular weight excluding hydrogens is 214 g/mol. The molecule has 2 rings (SSSR count). The molecule has 0 aliphatic carbocycles. The zero-order chi connectivity index (χ0) is 10.8. The van der Waals surface area contributed by atoms with E-state index in [4.69, 9.17) is 16.3 Å². The summed E-state index contributed by atoms with van der Waals surface area (Å²) in [6, 6.07) is 7.26. The Morgan fingerprint density at radius 2 is 2.20 bits per heavy atom. The van der Waals surface area contributed by atoms with Crippen LogP contribution in [0.1, 0.15) is 5.56 Å². The topological polar surface area (TPSA) is 42.1 Å². The number of pyridine rings is 1. The van der Waals surface area contributed by atoms with E-state index in [9.17, 15) is 4.79 Å². The third kappa shape index (κ3) is 1.83. The number of hydrogen-bond donors (Lipinski definition) is 1. The first-order valence-electron chi connectivity index (χ1n) is 4.50. The Morgan fingerprint density at radius 1 is 1.40 bits per heavy atom. The number of aromatic nitrogens is 1. The maximum atomic E-state index is 11.4. The number of alkyl halides is 1. The van der Waals surface area contributed by atoms with E-state index in [1.54, 1.807) is 19.2 Å². The van der Waals surface area contributed by atoms with Crippen LogP contribution in [0.3, 0.4) is 0 Å². The molecule has 1 N–H and O–H groups in total. The third-order valence-corrected chi connectivity index (χ3v) is 2.56. The fraction of sp³-hybridized carbons (Fsp3) is 0.182. The largest absolute Gasteiger partial charge is 0.497 e. The molecule has 1 aromatic heterocycles. The summed E-state index contributed by atoms with van der Waals surface area (Å²) in [7, 11) is 1.61. The van der Waals surface area contributed by atoms with Crippen LogP contribution in [-0.2, 0) is 5.88 Å². The van der Waals surface area contributed by atoms with Gasteiger partial charge in [-0.1, -0.05) is 0 Å². The summed E-state index contributed by atoms with van der Waals surface area (Å²) in [5.41, 5.74) is 1.22. The van der Waals surface area contributed by atoms with Crippen molar-refractivity contribution in [1.29, 1.82) is 0 Å². The summed E-state index contributed by atoms with van der Waals surface area (Å²) in [6.45, 7) is 0. The number of aromatic amines is 1. The highest BCUT2D eigenvalue weighted by Gasteiger charge is 2.02. The number of methoxy groups -OCH3 is 1. The predicted molar refractivity (Wildman–Crippen MR) is 60.7 cm³/mol. The van der Waals surface area contributed by atoms with Crippen molar-refractivity contribution in [2.45, 2.75) is 5.88 Å². The highest BCUT2D eigenvalue weighted by molar-refractivity contribution is 6.17. The molecule has 0 saturated heterocycles. The van der Waals surface area contributed by atoms with Crippen molar-refractivity contribution in [2.24, 2.45) is 0 Å². The molecule has 0 amide bonds. The molecule has 0 radical (unpaired) electrons. The lowest BCUT2D eigenvalue weighted by Gasteiger charge is -2.03. The average molecular weight is 224 g/mol. The Bertz CT molecular complexity index is 548. The van der Waals surface area contributed by atoms with Crippen molar-refractivity contribution in [1.82, 2.24) is 4.98 Å². The van der Waals surface area contributed by atoms with Gasteiger partial charge in [0.25, 0.3) is 5.56 Å². The number of halogens is 1. The van der Waals surface area contributed by atoms with Crippen LogP contribution in [0.4, 0.5) is 0 Å². The van der Waals surface area contributed by atoms with Gasteiger partial charge in [-0.25, -0.2) is 0 Å². The number of benzene rings is 1. The second-order valence-corrected chi connectivity index (χ2v) is 3.48. The number of hydrogen-bond acceptors (Lipinski definition) is 2. The zero-order valence-corrected chi connectivity index (χ0v) is 8.97. The van der Waals surface area contributed by atoms with E-state index in [-0.39, 0.29) is 11.4 Å². The molecule has 0 aliphatic rings. The molecule has 3 nitrogen and oxygen atoms in total. The standard InChI is InChI=1S/C11H10ClNO2/c1-15-9-2-3-10-7(5-9)4-8(6-12)11(14)13-10/h2-5H,6H2,1H3,(H,13,14). The monoisotopic (exact) mass is 223 g/mol. The van der Waals surface area contributed by atoms with Gasteiger partial charge in [0.1, 0.15) is 5.75 Å². The lowest BCUT2D eigenvalue weighted by atomic mass is 10.1. The number of nitrogens with one attached hydrogen (secondary N) is 1. The van der Waals surface area contributed by atoms with E-state index in [1.807, 2.05) is 12.1 Å². The average Bonchev–Trinajstić information content (AvgIpc) is 2.27. The summed E-state index contributed by atoms with van der Waals surface area (Å²) >= 11 is 5.65. The van der Waals surface area contributed by atoms with Crippen molar-refractivity contribution in [3.63, 3.8) is 0 Å². The van der Waals surface area contributed by atoms with Crippen LogP contribution in [0.2, 0.25) is 0 Å². The van der Waals surface area contributed by atoms with Gasteiger partial charge >= 0.3 is 0 Å². The Kier molecular flexibility index (Phi) is 2.64. The van der Waals surface area contributed by atoms with E-state index >= 15 is 0 Å². The van der Waals surface area contributed by atoms with Gasteiger partial charge in [-0.3, -0.25) is 4.79 Å². The minimum absolute atomic E-state index is 0.136. The highest BCUT2D eigenvalue weighted by atomic mass is 35.5. The minimum atomic E-state index is -0.136. The number of fused-ring (bicyclic) bond motifs is 1. The second-order valence-electron chi connectivity index (χ2n) is 3.21. The summed E-state index contributed by atoms with van der Waals surface area (Å²) in [5, 5.41) is 0.921. The molecule has 4 heteroatoms. The molecule has 2 aromatic rings. The Labute approximate surface area is 91.6 Å². The molecular formula is C11H10ClNO2.